The number of amides is 10. The van der Waals surface area contributed by atoms with E-state index < -0.39 is 162 Å². The largest absolute Gasteiger partial charge is 0.480 e. The van der Waals surface area contributed by atoms with E-state index >= 15 is 4.79 Å². The van der Waals surface area contributed by atoms with Gasteiger partial charge in [0.25, 0.3) is 0 Å². The van der Waals surface area contributed by atoms with E-state index in [9.17, 15) is 58.2 Å². The molecule has 0 heterocycles. The van der Waals surface area contributed by atoms with Crippen molar-refractivity contribution in [2.45, 2.75) is 228 Å². The second kappa shape index (κ2) is 40.6. The average Bonchev–Trinajstić information content (AvgIpc) is 1.17. The van der Waals surface area contributed by atoms with Gasteiger partial charge in [0, 0.05) is 55.5 Å². The predicted molar refractivity (Wildman–Crippen MR) is 345 cm³/mol. The quantitative estimate of drug-likeness (QED) is 0.0321. The third-order valence-electron chi connectivity index (χ3n) is 16.2. The van der Waals surface area contributed by atoms with Crippen LogP contribution in [0.3, 0.4) is 0 Å². The van der Waals surface area contributed by atoms with Crippen LogP contribution in [0.1, 0.15) is 156 Å². The van der Waals surface area contributed by atoms with Crippen molar-refractivity contribution >= 4 is 65.0 Å². The summed E-state index contributed by atoms with van der Waals surface area (Å²) in [6.45, 7) is 27.5. The molecule has 0 aliphatic heterocycles. The van der Waals surface area contributed by atoms with Crippen molar-refractivity contribution < 1.29 is 72.8 Å². The third kappa shape index (κ3) is 25.8. The molecule has 90 heavy (non-hydrogen) atoms. The fourth-order valence-electron chi connectivity index (χ4n) is 10.7. The van der Waals surface area contributed by atoms with Gasteiger partial charge in [-0.3, -0.25) is 52.7 Å². The normalized spacial score (nSPS) is 16.1. The zero-order valence-electron chi connectivity index (χ0n) is 58.5. The van der Waals surface area contributed by atoms with Gasteiger partial charge < -0.3 is 76.0 Å². The van der Waals surface area contributed by atoms with Gasteiger partial charge in [-0.05, 0) is 115 Å². The summed E-state index contributed by atoms with van der Waals surface area (Å²) < 4.78 is 5.83. The van der Waals surface area contributed by atoms with Gasteiger partial charge in [-0.15, -0.1) is 0 Å². The van der Waals surface area contributed by atoms with Gasteiger partial charge in [0.15, 0.2) is 0 Å². The number of rotatable bonds is 41. The van der Waals surface area contributed by atoms with Crippen molar-refractivity contribution in [1.82, 2.24) is 56.0 Å². The minimum atomic E-state index is -1.59. The molecule has 0 bridgehead atoms. The van der Waals surface area contributed by atoms with Crippen molar-refractivity contribution in [3.8, 4) is 0 Å². The van der Waals surface area contributed by atoms with Crippen LogP contribution < -0.4 is 26.6 Å². The molecule has 0 saturated heterocycles. The number of aliphatic hydroxyl groups is 2. The van der Waals surface area contributed by atoms with Crippen LogP contribution in [0.15, 0.2) is 12.2 Å². The molecule has 0 saturated carbocycles. The number of hydrogen-bond donors (Lipinski definition) is 8. The maximum Gasteiger partial charge on any atom is 0.323 e. The first-order valence-electron chi connectivity index (χ1n) is 31.9. The Bertz CT molecular complexity index is 2370. The van der Waals surface area contributed by atoms with Crippen LogP contribution in [0.4, 0.5) is 0 Å². The predicted octanol–water partition coefficient (Wildman–Crippen LogP) is 2.23. The Morgan fingerprint density at radius 2 is 0.989 bits per heavy atom. The summed E-state index contributed by atoms with van der Waals surface area (Å²) >= 11 is 0. The second-order valence-corrected chi connectivity index (χ2v) is 26.1. The molecule has 0 aliphatic rings. The Kier molecular flexibility index (Phi) is 37.8. The van der Waals surface area contributed by atoms with E-state index in [0.717, 1.165) is 9.80 Å². The maximum absolute atomic E-state index is 15.1. The minimum absolute atomic E-state index is 0.0149. The molecule has 26 nitrogen and oxygen atoms in total. The number of carbonyl (C=O) groups is 11. The first-order valence-corrected chi connectivity index (χ1v) is 31.9. The molecule has 0 rings (SSSR count). The highest BCUT2D eigenvalue weighted by molar-refractivity contribution is 5.99. The van der Waals surface area contributed by atoms with Gasteiger partial charge in [0.05, 0.1) is 12.2 Å². The van der Waals surface area contributed by atoms with E-state index in [2.05, 4.69) is 26.6 Å². The Hall–Kier alpha value is -6.25. The average molecular weight is 1280 g/mol. The van der Waals surface area contributed by atoms with Crippen molar-refractivity contribution in [3.05, 3.63) is 12.2 Å². The number of aliphatic carboxylic acids is 1. The molecule has 0 spiro atoms. The lowest BCUT2D eigenvalue weighted by molar-refractivity contribution is -0.157. The number of carbonyl (C=O) groups excluding carboxylic acids is 10. The Morgan fingerprint density at radius 3 is 1.44 bits per heavy atom. The highest BCUT2D eigenvalue weighted by Gasteiger charge is 2.45. The molecule has 518 valence electrons. The minimum Gasteiger partial charge on any atom is -0.480 e. The van der Waals surface area contributed by atoms with Crippen LogP contribution in [0.5, 0.6) is 0 Å². The molecule has 13 atom stereocenters. The number of unbranched alkanes of at least 4 members (excludes halogenated alkanes) is 1. The lowest BCUT2D eigenvalue weighted by atomic mass is 9.91. The third-order valence-corrected chi connectivity index (χ3v) is 16.2. The van der Waals surface area contributed by atoms with Crippen LogP contribution in [-0.2, 0) is 57.5 Å². The number of nitrogens with zero attached hydrogens (tertiary/aromatic N) is 6. The Labute approximate surface area is 537 Å². The van der Waals surface area contributed by atoms with Crippen LogP contribution in [0.2, 0.25) is 0 Å². The Balaban J connectivity index is 6.92. The molecule has 0 aromatic heterocycles. The van der Waals surface area contributed by atoms with Crippen LogP contribution in [0, 0.1) is 35.5 Å². The fraction of sp³-hybridized carbons (Fsp3) is 0.797. The molecule has 0 unspecified atom stereocenters. The number of likely N-dealkylation sites (N-methyl/N-ethyl adjacent to an activating group) is 7. The standard InChI is InChI=1S/C64H117N11O15/c1-24-26-29-41(13)54(79)53(58(83)68-45(25-2)60(85)70(18)35-49(77)78)75(23)64(89)52(40(11)12)74(22)62(87)48(34-38(7)8)73(21)61(86)47(33-37(5)6)72(20)59(84)43(15)67-55(80)42(14)66-56(81)46(32-36(3)4)71(19)63(88)50(39(9)10)69-57(82)51(65-17)44(16)90-31-28-27-30-76/h24,26,36-48,50-54,65,76,79H,25,27-35H2,1-23H3,(H,66,81)(H,67,80)(H,68,83)(H,69,82)(H,77,78)/b26-24+/t41-,42+,43-,44+,45+,46+,47+,48+,50+,51+,52+,53+,54-/m1/s1. The van der Waals surface area contributed by atoms with Gasteiger partial charge in [-0.2, -0.15) is 0 Å². The van der Waals surface area contributed by atoms with Gasteiger partial charge in [0.2, 0.25) is 59.1 Å². The van der Waals surface area contributed by atoms with Crippen molar-refractivity contribution in [2.75, 3.05) is 69.1 Å². The molecule has 0 aromatic rings. The summed E-state index contributed by atoms with van der Waals surface area (Å²) in [5, 5.41) is 44.1. The van der Waals surface area contributed by atoms with Gasteiger partial charge in [-0.1, -0.05) is 95.2 Å². The number of carboxylic acids is 1. The number of hydrogen-bond acceptors (Lipinski definition) is 15. The van der Waals surface area contributed by atoms with E-state index in [1.165, 1.54) is 75.7 Å². The number of nitrogens with one attached hydrogen (secondary N) is 5. The molecular weight excluding hydrogens is 1160 g/mol. The first-order chi connectivity index (χ1) is 41.7. The first kappa shape index (κ1) is 83.8. The monoisotopic (exact) mass is 1280 g/mol. The zero-order valence-corrected chi connectivity index (χ0v) is 58.5. The molecule has 0 aromatic carbocycles. The van der Waals surface area contributed by atoms with Crippen molar-refractivity contribution in [2.24, 2.45) is 35.5 Å². The van der Waals surface area contributed by atoms with Gasteiger partial charge in [-0.25, -0.2) is 0 Å². The summed E-state index contributed by atoms with van der Waals surface area (Å²) in [4.78, 5) is 161. The molecular formula is C64H117N11O15. The molecule has 0 radical (unpaired) electrons. The van der Waals surface area contributed by atoms with E-state index in [0.29, 0.717) is 25.9 Å². The summed E-state index contributed by atoms with van der Waals surface area (Å²) in [6.07, 6.45) is 3.44. The smallest absolute Gasteiger partial charge is 0.323 e. The van der Waals surface area contributed by atoms with E-state index in [-0.39, 0.29) is 50.0 Å². The highest BCUT2D eigenvalue weighted by Crippen LogP contribution is 2.25. The Morgan fingerprint density at radius 1 is 0.511 bits per heavy atom. The zero-order chi connectivity index (χ0) is 69.9. The summed E-state index contributed by atoms with van der Waals surface area (Å²) in [7, 11) is 9.93. The molecule has 10 amide bonds. The lowest BCUT2D eigenvalue weighted by Crippen LogP contribution is -2.63. The van der Waals surface area contributed by atoms with Crippen molar-refractivity contribution in [1.29, 1.82) is 0 Å². The van der Waals surface area contributed by atoms with E-state index in [4.69, 9.17) is 9.84 Å². The molecule has 26 heteroatoms. The summed E-state index contributed by atoms with van der Waals surface area (Å²) in [6, 6.07) is -11.9. The summed E-state index contributed by atoms with van der Waals surface area (Å²) in [5.74, 6) is -9.96. The van der Waals surface area contributed by atoms with Crippen LogP contribution in [0.25, 0.3) is 0 Å². The highest BCUT2D eigenvalue weighted by atomic mass is 16.5. The lowest BCUT2D eigenvalue weighted by Gasteiger charge is -2.41. The second-order valence-electron chi connectivity index (χ2n) is 26.1. The topological polar surface area (TPSA) is 337 Å². The molecule has 0 fully saturated rings. The maximum atomic E-state index is 15.1. The molecule has 8 N–H and O–H groups in total. The van der Waals surface area contributed by atoms with Crippen molar-refractivity contribution in [3.63, 3.8) is 0 Å². The van der Waals surface area contributed by atoms with Crippen LogP contribution >= 0.6 is 0 Å². The number of carboxylic acid groups (broad SMARTS) is 1. The number of allylic oxidation sites excluding steroid dienone is 2. The fourth-order valence-corrected chi connectivity index (χ4v) is 10.7. The van der Waals surface area contributed by atoms with Gasteiger partial charge >= 0.3 is 5.97 Å². The molecule has 0 aliphatic carbocycles. The SMILES string of the molecule is C/C=C/C[C@@H](C)[C@@H](O)[C@@H](C(=O)N[C@@H](CC)C(=O)N(C)CC(=O)O)N(C)C(=O)[C@H](C(C)C)N(C)C(=O)[C@H](CC(C)C)N(C)C(=O)[C@H](CC(C)C)N(C)C(=O)[C@@H](C)NC(=O)[C@H](C)NC(=O)[C@H](CC(C)C)N(C)C(=O)[C@@H](NC(=O)[C@@H](NC)[C@H](C)OCCCCO)C(C)C. The van der Waals surface area contributed by atoms with Crippen LogP contribution in [-0.4, -0.2) is 251 Å². The van der Waals surface area contributed by atoms with Gasteiger partial charge in [0.1, 0.15) is 67.0 Å². The van der Waals surface area contributed by atoms with E-state index in [1.807, 2.05) is 41.5 Å². The number of ether oxygens (including phenoxy) is 1. The number of aliphatic hydroxyl groups excluding tert-OH is 2. The van der Waals surface area contributed by atoms with E-state index in [1.54, 1.807) is 74.6 Å². The summed E-state index contributed by atoms with van der Waals surface area (Å²) in [5.41, 5.74) is 0.